The van der Waals surface area contributed by atoms with E-state index in [1.54, 1.807) is 29.1 Å². The van der Waals surface area contributed by atoms with E-state index in [0.717, 1.165) is 11.3 Å². The van der Waals surface area contributed by atoms with Crippen LogP contribution in [0.5, 0.6) is 0 Å². The second-order valence-corrected chi connectivity index (χ2v) is 5.51. The van der Waals surface area contributed by atoms with Gasteiger partial charge in [-0.2, -0.15) is 5.10 Å². The lowest BCUT2D eigenvalue weighted by Gasteiger charge is -2.06. The highest BCUT2D eigenvalue weighted by molar-refractivity contribution is 5.95. The molecule has 0 spiro atoms. The molecule has 0 bridgehead atoms. The summed E-state index contributed by atoms with van der Waals surface area (Å²) < 4.78 is 14.7. The van der Waals surface area contributed by atoms with Crippen LogP contribution in [0.2, 0.25) is 0 Å². The number of hydrogen-bond donors (Lipinski definition) is 0. The molecule has 24 heavy (non-hydrogen) atoms. The minimum absolute atomic E-state index is 0.0452. The highest BCUT2D eigenvalue weighted by Gasteiger charge is 2.15. The molecule has 1 aromatic carbocycles. The predicted octanol–water partition coefficient (Wildman–Crippen LogP) is 3.92. The maximum Gasteiger partial charge on any atom is 0.180 e. The number of halogens is 1. The van der Waals surface area contributed by atoms with Crippen LogP contribution in [0.4, 0.5) is 4.39 Å². The van der Waals surface area contributed by atoms with Crippen LogP contribution >= 0.6 is 0 Å². The Morgan fingerprint density at radius 2 is 1.92 bits per heavy atom. The van der Waals surface area contributed by atoms with Gasteiger partial charge in [-0.05, 0) is 42.3 Å². The number of pyridine rings is 1. The fourth-order valence-corrected chi connectivity index (χ4v) is 2.52. The van der Waals surface area contributed by atoms with Crippen LogP contribution in [0.15, 0.2) is 54.7 Å². The normalized spacial score (nSPS) is 10.8. The molecule has 0 atom stereocenters. The molecule has 3 aromatic rings. The van der Waals surface area contributed by atoms with E-state index in [1.807, 2.05) is 25.1 Å². The molecule has 5 heteroatoms. The van der Waals surface area contributed by atoms with E-state index < -0.39 is 0 Å². The number of rotatable bonds is 6. The smallest absolute Gasteiger partial charge is 0.180 e. The summed E-state index contributed by atoms with van der Waals surface area (Å²) in [7, 11) is 0. The van der Waals surface area contributed by atoms with E-state index in [-0.39, 0.29) is 11.6 Å². The number of carbonyl (C=O) groups is 1. The summed E-state index contributed by atoms with van der Waals surface area (Å²) in [5.41, 5.74) is 3.01. The maximum atomic E-state index is 13.0. The van der Waals surface area contributed by atoms with Crippen LogP contribution < -0.4 is 0 Å². The monoisotopic (exact) mass is 323 g/mol. The third-order valence-corrected chi connectivity index (χ3v) is 3.84. The minimum atomic E-state index is -0.253. The molecule has 0 aliphatic carbocycles. The van der Waals surface area contributed by atoms with Gasteiger partial charge in [0, 0.05) is 19.2 Å². The first-order valence-corrected chi connectivity index (χ1v) is 7.94. The lowest BCUT2D eigenvalue weighted by Crippen LogP contribution is -2.11. The standard InChI is InChI=1S/C19H18FN3O/c1-2-19(24)18-13-17(16-5-3-4-11-21-16)22-23(18)12-10-14-6-8-15(20)9-7-14/h3-9,11,13H,2,10,12H2,1H3. The predicted molar refractivity (Wildman–Crippen MR) is 90.2 cm³/mol. The molecule has 3 rings (SSSR count). The Labute approximate surface area is 140 Å². The quantitative estimate of drug-likeness (QED) is 0.646. The molecule has 0 unspecified atom stereocenters. The van der Waals surface area contributed by atoms with Crippen LogP contribution in [0.25, 0.3) is 11.4 Å². The van der Waals surface area contributed by atoms with Gasteiger partial charge >= 0.3 is 0 Å². The molecule has 0 radical (unpaired) electrons. The molecule has 4 nitrogen and oxygen atoms in total. The van der Waals surface area contributed by atoms with Crippen LogP contribution in [0.1, 0.15) is 29.4 Å². The second kappa shape index (κ2) is 7.17. The second-order valence-electron chi connectivity index (χ2n) is 5.51. The molecule has 0 aliphatic heterocycles. The fourth-order valence-electron chi connectivity index (χ4n) is 2.52. The van der Waals surface area contributed by atoms with Crippen molar-refractivity contribution in [2.75, 3.05) is 0 Å². The van der Waals surface area contributed by atoms with Crippen molar-refractivity contribution in [3.05, 3.63) is 71.8 Å². The van der Waals surface area contributed by atoms with Gasteiger partial charge in [-0.3, -0.25) is 14.5 Å². The number of aromatic nitrogens is 3. The largest absolute Gasteiger partial charge is 0.292 e. The van der Waals surface area contributed by atoms with Crippen molar-refractivity contribution < 1.29 is 9.18 Å². The molecule has 0 fully saturated rings. The zero-order chi connectivity index (χ0) is 16.9. The van der Waals surface area contributed by atoms with Crippen molar-refractivity contribution in [1.82, 2.24) is 14.8 Å². The zero-order valence-electron chi connectivity index (χ0n) is 13.4. The van der Waals surface area contributed by atoms with Crippen molar-refractivity contribution >= 4 is 5.78 Å². The van der Waals surface area contributed by atoms with E-state index in [2.05, 4.69) is 10.1 Å². The van der Waals surface area contributed by atoms with Crippen molar-refractivity contribution in [2.45, 2.75) is 26.3 Å². The molecule has 0 amide bonds. The average molecular weight is 323 g/mol. The highest BCUT2D eigenvalue weighted by Crippen LogP contribution is 2.18. The molecular formula is C19H18FN3O. The molecule has 0 saturated heterocycles. The van der Waals surface area contributed by atoms with Crippen LogP contribution in [-0.4, -0.2) is 20.5 Å². The summed E-state index contributed by atoms with van der Waals surface area (Å²) in [6.07, 6.45) is 2.80. The summed E-state index contributed by atoms with van der Waals surface area (Å²) in [4.78, 5) is 16.5. The van der Waals surface area contributed by atoms with Crippen LogP contribution in [0.3, 0.4) is 0 Å². The van der Waals surface area contributed by atoms with Gasteiger partial charge in [0.1, 0.15) is 17.2 Å². The topological polar surface area (TPSA) is 47.8 Å². The first-order valence-electron chi connectivity index (χ1n) is 7.94. The first kappa shape index (κ1) is 16.1. The van der Waals surface area contributed by atoms with Crippen molar-refractivity contribution in [3.8, 4) is 11.4 Å². The van der Waals surface area contributed by atoms with Gasteiger partial charge in [-0.15, -0.1) is 0 Å². The minimum Gasteiger partial charge on any atom is -0.292 e. The number of Topliss-reactive ketones (excluding diaryl/α,β-unsaturated/α-hetero) is 1. The zero-order valence-corrected chi connectivity index (χ0v) is 13.4. The number of carbonyl (C=O) groups excluding carboxylic acids is 1. The van der Waals surface area contributed by atoms with Gasteiger partial charge in [0.2, 0.25) is 0 Å². The van der Waals surface area contributed by atoms with E-state index in [4.69, 9.17) is 0 Å². The molecule has 2 aromatic heterocycles. The molecule has 0 aliphatic rings. The van der Waals surface area contributed by atoms with Crippen molar-refractivity contribution in [1.29, 1.82) is 0 Å². The third kappa shape index (κ3) is 3.56. The number of ketones is 1. The summed E-state index contributed by atoms with van der Waals surface area (Å²) in [5, 5.41) is 4.54. The van der Waals surface area contributed by atoms with E-state index in [9.17, 15) is 9.18 Å². The summed E-state index contributed by atoms with van der Waals surface area (Å²) in [6, 6.07) is 13.8. The van der Waals surface area contributed by atoms with Gasteiger partial charge in [0.15, 0.2) is 5.78 Å². The Bertz CT molecular complexity index is 826. The highest BCUT2D eigenvalue weighted by atomic mass is 19.1. The molecule has 2 heterocycles. The van der Waals surface area contributed by atoms with Gasteiger partial charge < -0.3 is 0 Å². The van der Waals surface area contributed by atoms with E-state index >= 15 is 0 Å². The molecule has 0 N–H and O–H groups in total. The van der Waals surface area contributed by atoms with Crippen LogP contribution in [-0.2, 0) is 13.0 Å². The Hall–Kier alpha value is -2.82. The Morgan fingerprint density at radius 3 is 2.58 bits per heavy atom. The summed E-state index contributed by atoms with van der Waals surface area (Å²) >= 11 is 0. The Morgan fingerprint density at radius 1 is 1.12 bits per heavy atom. The maximum absolute atomic E-state index is 13.0. The number of nitrogens with zero attached hydrogens (tertiary/aromatic N) is 3. The van der Waals surface area contributed by atoms with E-state index in [0.29, 0.717) is 30.8 Å². The van der Waals surface area contributed by atoms with Crippen molar-refractivity contribution in [3.63, 3.8) is 0 Å². The van der Waals surface area contributed by atoms with E-state index in [1.165, 1.54) is 12.1 Å². The SMILES string of the molecule is CCC(=O)c1cc(-c2ccccn2)nn1CCc1ccc(F)cc1. The van der Waals surface area contributed by atoms with Gasteiger partial charge in [-0.1, -0.05) is 25.1 Å². The third-order valence-electron chi connectivity index (χ3n) is 3.84. The van der Waals surface area contributed by atoms with Gasteiger partial charge in [0.05, 0.1) is 5.69 Å². The van der Waals surface area contributed by atoms with Crippen LogP contribution in [0, 0.1) is 5.82 Å². The van der Waals surface area contributed by atoms with Gasteiger partial charge in [0.25, 0.3) is 0 Å². The molecule has 122 valence electrons. The fraction of sp³-hybridized carbons (Fsp3) is 0.211. The summed E-state index contributed by atoms with van der Waals surface area (Å²) in [5.74, 6) is -0.207. The van der Waals surface area contributed by atoms with Gasteiger partial charge in [-0.25, -0.2) is 4.39 Å². The molecular weight excluding hydrogens is 305 g/mol. The Kier molecular flexibility index (Phi) is 4.79. The summed E-state index contributed by atoms with van der Waals surface area (Å²) in [6.45, 7) is 2.39. The number of aryl methyl sites for hydroxylation is 2. The lowest BCUT2D eigenvalue weighted by molar-refractivity contribution is 0.0977. The lowest BCUT2D eigenvalue weighted by atomic mass is 10.1. The Balaban J connectivity index is 1.86. The number of benzene rings is 1. The average Bonchev–Trinajstić information content (AvgIpc) is 3.05. The first-order chi connectivity index (χ1) is 11.7. The molecule has 0 saturated carbocycles. The van der Waals surface area contributed by atoms with Crippen molar-refractivity contribution in [2.24, 2.45) is 0 Å². The number of hydrogen-bond acceptors (Lipinski definition) is 3.